The van der Waals surface area contributed by atoms with Crippen molar-refractivity contribution in [3.63, 3.8) is 0 Å². The van der Waals surface area contributed by atoms with E-state index in [1.165, 1.54) is 0 Å². The van der Waals surface area contributed by atoms with Gasteiger partial charge in [-0.3, -0.25) is 0 Å². The lowest BCUT2D eigenvalue weighted by Gasteiger charge is -2.19. The molecule has 2 nitrogen and oxygen atoms in total. The highest BCUT2D eigenvalue weighted by Crippen LogP contribution is 2.25. The van der Waals surface area contributed by atoms with E-state index < -0.39 is 17.5 Å². The number of halogens is 3. The van der Waals surface area contributed by atoms with Crippen LogP contribution in [0.5, 0.6) is 0 Å². The van der Waals surface area contributed by atoms with Crippen molar-refractivity contribution in [1.29, 1.82) is 0 Å². The fraction of sp³-hybridized carbons (Fsp3) is 0.538. The maximum atomic E-state index is 13.0. The number of benzene rings is 1. The zero-order valence-corrected chi connectivity index (χ0v) is 9.93. The highest BCUT2D eigenvalue weighted by molar-refractivity contribution is 5.19. The maximum absolute atomic E-state index is 13.0. The van der Waals surface area contributed by atoms with Gasteiger partial charge in [0.05, 0.1) is 0 Å². The smallest absolute Gasteiger partial charge is 0.194 e. The first-order valence-electron chi connectivity index (χ1n) is 6.09. The molecule has 0 bridgehead atoms. The molecular weight excluding hydrogens is 243 g/mol. The number of aliphatic hydroxyl groups is 1. The van der Waals surface area contributed by atoms with Crippen molar-refractivity contribution in [2.24, 2.45) is 5.92 Å². The molecule has 18 heavy (non-hydrogen) atoms. The summed E-state index contributed by atoms with van der Waals surface area (Å²) in [7, 11) is 0. The Balaban J connectivity index is 1.98. The summed E-state index contributed by atoms with van der Waals surface area (Å²) in [6.45, 7) is 0.388. The molecule has 2 rings (SSSR count). The molecule has 100 valence electrons. The van der Waals surface area contributed by atoms with Crippen molar-refractivity contribution in [3.05, 3.63) is 35.1 Å². The Hall–Kier alpha value is -1.07. The first-order valence-corrected chi connectivity index (χ1v) is 6.09. The number of rotatable bonds is 4. The predicted octanol–water partition coefficient (Wildman–Crippen LogP) is 2.35. The molecule has 0 spiro atoms. The van der Waals surface area contributed by atoms with Gasteiger partial charge in [0.25, 0.3) is 0 Å². The Morgan fingerprint density at radius 3 is 2.44 bits per heavy atom. The lowest BCUT2D eigenvalue weighted by Crippen LogP contribution is -2.33. The predicted molar refractivity (Wildman–Crippen MR) is 61.4 cm³/mol. The SMILES string of the molecule is OCC1CCCC1NCc1cc(F)c(F)c(F)c1. The second kappa shape index (κ2) is 5.71. The van der Waals surface area contributed by atoms with E-state index in [-0.39, 0.29) is 25.1 Å². The molecular formula is C13H16F3NO. The number of nitrogens with one attached hydrogen (secondary N) is 1. The summed E-state index contributed by atoms with van der Waals surface area (Å²) in [6, 6.07) is 2.15. The quantitative estimate of drug-likeness (QED) is 0.814. The van der Waals surface area contributed by atoms with Crippen LogP contribution in [0, 0.1) is 23.4 Å². The third-order valence-corrected chi connectivity index (χ3v) is 3.51. The minimum Gasteiger partial charge on any atom is -0.396 e. The van der Waals surface area contributed by atoms with E-state index in [4.69, 9.17) is 5.11 Å². The maximum Gasteiger partial charge on any atom is 0.194 e. The molecule has 0 saturated heterocycles. The van der Waals surface area contributed by atoms with Crippen molar-refractivity contribution in [1.82, 2.24) is 5.32 Å². The molecule has 1 aromatic rings. The Kier molecular flexibility index (Phi) is 4.24. The van der Waals surface area contributed by atoms with Gasteiger partial charge in [0.2, 0.25) is 0 Å². The van der Waals surface area contributed by atoms with Crippen LogP contribution in [0.4, 0.5) is 13.2 Å². The molecule has 2 unspecified atom stereocenters. The van der Waals surface area contributed by atoms with Gasteiger partial charge in [-0.15, -0.1) is 0 Å². The molecule has 0 radical (unpaired) electrons. The van der Waals surface area contributed by atoms with E-state index in [1.807, 2.05) is 0 Å². The molecule has 1 aliphatic carbocycles. The first-order chi connectivity index (χ1) is 8.61. The van der Waals surface area contributed by atoms with Crippen molar-refractivity contribution in [2.45, 2.75) is 31.8 Å². The monoisotopic (exact) mass is 259 g/mol. The van der Waals surface area contributed by atoms with E-state index in [1.54, 1.807) is 0 Å². The third-order valence-electron chi connectivity index (χ3n) is 3.51. The van der Waals surface area contributed by atoms with Gasteiger partial charge in [-0.25, -0.2) is 13.2 Å². The second-order valence-corrected chi connectivity index (χ2v) is 4.73. The van der Waals surface area contributed by atoms with Crippen LogP contribution in [-0.2, 0) is 6.54 Å². The fourth-order valence-corrected chi connectivity index (χ4v) is 2.48. The third kappa shape index (κ3) is 2.84. The lowest BCUT2D eigenvalue weighted by atomic mass is 10.0. The van der Waals surface area contributed by atoms with E-state index in [2.05, 4.69) is 5.32 Å². The van der Waals surface area contributed by atoms with E-state index in [9.17, 15) is 13.2 Å². The normalized spacial score (nSPS) is 23.6. The molecule has 2 atom stereocenters. The van der Waals surface area contributed by atoms with Crippen LogP contribution in [0.3, 0.4) is 0 Å². The highest BCUT2D eigenvalue weighted by Gasteiger charge is 2.26. The van der Waals surface area contributed by atoms with Crippen LogP contribution in [0.2, 0.25) is 0 Å². The average molecular weight is 259 g/mol. The summed E-state index contributed by atoms with van der Waals surface area (Å²) in [5, 5.41) is 12.3. The lowest BCUT2D eigenvalue weighted by molar-refractivity contribution is 0.205. The Morgan fingerprint density at radius 2 is 1.83 bits per heavy atom. The van der Waals surface area contributed by atoms with Crippen LogP contribution >= 0.6 is 0 Å². The summed E-state index contributed by atoms with van der Waals surface area (Å²) < 4.78 is 38.8. The van der Waals surface area contributed by atoms with Crippen molar-refractivity contribution >= 4 is 0 Å². The fourth-order valence-electron chi connectivity index (χ4n) is 2.48. The van der Waals surface area contributed by atoms with Crippen molar-refractivity contribution in [3.8, 4) is 0 Å². The van der Waals surface area contributed by atoms with E-state index in [0.29, 0.717) is 5.56 Å². The van der Waals surface area contributed by atoms with Gasteiger partial charge in [0.1, 0.15) is 0 Å². The van der Waals surface area contributed by atoms with Gasteiger partial charge >= 0.3 is 0 Å². The molecule has 1 aliphatic rings. The van der Waals surface area contributed by atoms with Gasteiger partial charge in [-0.05, 0) is 36.5 Å². The molecule has 0 aromatic heterocycles. The van der Waals surface area contributed by atoms with Crippen LogP contribution in [0.15, 0.2) is 12.1 Å². The van der Waals surface area contributed by atoms with Gasteiger partial charge in [0, 0.05) is 19.2 Å². The summed E-state index contributed by atoms with van der Waals surface area (Å²) in [5.41, 5.74) is 0.370. The zero-order valence-electron chi connectivity index (χ0n) is 9.93. The van der Waals surface area contributed by atoms with Crippen LogP contribution in [-0.4, -0.2) is 17.8 Å². The van der Waals surface area contributed by atoms with Gasteiger partial charge in [-0.1, -0.05) is 6.42 Å². The van der Waals surface area contributed by atoms with Crippen molar-refractivity contribution in [2.75, 3.05) is 6.61 Å². The largest absolute Gasteiger partial charge is 0.396 e. The van der Waals surface area contributed by atoms with Gasteiger partial charge in [0.15, 0.2) is 17.5 Å². The van der Waals surface area contributed by atoms with Crippen LogP contribution < -0.4 is 5.32 Å². The summed E-state index contributed by atoms with van der Waals surface area (Å²) in [4.78, 5) is 0. The summed E-state index contributed by atoms with van der Waals surface area (Å²) >= 11 is 0. The second-order valence-electron chi connectivity index (χ2n) is 4.73. The number of hydrogen-bond donors (Lipinski definition) is 2. The van der Waals surface area contributed by atoms with Gasteiger partial charge in [-0.2, -0.15) is 0 Å². The molecule has 1 fully saturated rings. The average Bonchev–Trinajstić information content (AvgIpc) is 2.80. The highest BCUT2D eigenvalue weighted by atomic mass is 19.2. The molecule has 1 saturated carbocycles. The molecule has 0 heterocycles. The number of hydrogen-bond acceptors (Lipinski definition) is 2. The minimum atomic E-state index is -1.44. The summed E-state index contributed by atoms with van der Waals surface area (Å²) in [6.07, 6.45) is 2.94. The van der Waals surface area contributed by atoms with Gasteiger partial charge < -0.3 is 10.4 Å². The Bertz CT molecular complexity index is 402. The summed E-state index contributed by atoms with van der Waals surface area (Å²) in [5.74, 6) is -3.58. The van der Waals surface area contributed by atoms with Crippen LogP contribution in [0.25, 0.3) is 0 Å². The molecule has 2 N–H and O–H groups in total. The zero-order chi connectivity index (χ0) is 13.1. The van der Waals surface area contributed by atoms with Crippen LogP contribution in [0.1, 0.15) is 24.8 Å². The number of aliphatic hydroxyl groups excluding tert-OH is 1. The Morgan fingerprint density at radius 1 is 1.17 bits per heavy atom. The Labute approximate surface area is 104 Å². The van der Waals surface area contributed by atoms with E-state index >= 15 is 0 Å². The minimum absolute atomic E-state index is 0.115. The first kappa shape index (κ1) is 13.4. The van der Waals surface area contributed by atoms with Crippen molar-refractivity contribution < 1.29 is 18.3 Å². The molecule has 1 aromatic carbocycles. The van der Waals surface area contributed by atoms with E-state index in [0.717, 1.165) is 31.4 Å². The molecule has 0 amide bonds. The molecule has 0 aliphatic heterocycles. The topological polar surface area (TPSA) is 32.3 Å². The standard InChI is InChI=1S/C13H16F3NO/c14-10-4-8(5-11(15)13(10)16)6-17-12-3-1-2-9(12)7-18/h4-5,9,12,17-18H,1-3,6-7H2. The molecule has 5 heteroatoms.